The van der Waals surface area contributed by atoms with Crippen LogP contribution in [0.2, 0.25) is 0 Å². The Morgan fingerprint density at radius 3 is 2.63 bits per heavy atom. The quantitative estimate of drug-likeness (QED) is 0.362. The number of piperazine rings is 1. The van der Waals surface area contributed by atoms with Crippen LogP contribution in [0.1, 0.15) is 72.4 Å². The monoisotopic (exact) mass is 608 g/mol. The zero-order chi connectivity index (χ0) is 30.9. The molecule has 0 spiro atoms. The van der Waals surface area contributed by atoms with E-state index in [4.69, 9.17) is 10.2 Å². The number of quaternary nitrogens is 2. The molecule has 232 valence electrons. The number of carbonyl (C=O) groups excluding carboxylic acids is 2. The Labute approximate surface area is 259 Å². The Kier molecular flexibility index (Phi) is 9.57. The minimum Gasteiger partial charge on any atom is -0.392 e. The second kappa shape index (κ2) is 13.0. The van der Waals surface area contributed by atoms with Crippen LogP contribution in [0, 0.1) is 34.5 Å². The smallest absolute Gasteiger partial charge is 0.257 e. The molecule has 4 N–H and O–H groups in total. The molecule has 5 rings (SSSR count). The van der Waals surface area contributed by atoms with Gasteiger partial charge in [-0.05, 0) is 48.6 Å². The second-order valence-corrected chi connectivity index (χ2v) is 14.7. The summed E-state index contributed by atoms with van der Waals surface area (Å²) < 4.78 is 0. The minimum absolute atomic E-state index is 0.00466. The van der Waals surface area contributed by atoms with Crippen LogP contribution >= 0.6 is 11.3 Å². The highest BCUT2D eigenvalue weighted by Crippen LogP contribution is 2.57. The molecule has 1 aliphatic heterocycles. The molecule has 2 heterocycles. The lowest BCUT2D eigenvalue weighted by molar-refractivity contribution is -1.01. The minimum atomic E-state index is -0.627. The summed E-state index contributed by atoms with van der Waals surface area (Å²) in [6.45, 7) is 12.4. The molecule has 0 unspecified atom stereocenters. The van der Waals surface area contributed by atoms with E-state index in [9.17, 15) is 14.7 Å². The third-order valence-corrected chi connectivity index (χ3v) is 11.6. The van der Waals surface area contributed by atoms with Gasteiger partial charge in [-0.15, -0.1) is 11.3 Å². The van der Waals surface area contributed by atoms with Gasteiger partial charge in [-0.2, -0.15) is 5.26 Å². The summed E-state index contributed by atoms with van der Waals surface area (Å²) in [7, 11) is 3.99. The molecule has 1 aromatic heterocycles. The lowest BCUT2D eigenvalue weighted by Crippen LogP contribution is -3.26. The van der Waals surface area contributed by atoms with Crippen molar-refractivity contribution >= 4 is 28.3 Å². The standard InChI is InChI=1S/C33H46N6O3S/c1-21(31(42)38(5)14-6-13-34)25-11-12-33(3)19-26-28(22(2)27(33)29(25)40)35-32(43-26)36-30(41)24-9-7-23(8-10-24)20-39-17-15-37(4)16-18-39/h7-10,21-22,25,27,29,40H,6,11-12,14-20H2,1-5H3,(H,35,36,41)/p+2/t21-,22-,25-,27+,29-,33-/m0/s1. The van der Waals surface area contributed by atoms with Gasteiger partial charge in [-0.3, -0.25) is 14.9 Å². The number of amides is 2. The van der Waals surface area contributed by atoms with Crippen molar-refractivity contribution < 1.29 is 24.5 Å². The molecule has 1 aromatic carbocycles. The van der Waals surface area contributed by atoms with Crippen molar-refractivity contribution in [3.8, 4) is 6.07 Å². The number of nitriles is 1. The second-order valence-electron chi connectivity index (χ2n) is 13.7. The van der Waals surface area contributed by atoms with Crippen molar-refractivity contribution in [2.75, 3.05) is 52.1 Å². The fraction of sp³-hybridized carbons (Fsp3) is 0.636. The number of nitrogens with one attached hydrogen (secondary N) is 3. The summed E-state index contributed by atoms with van der Waals surface area (Å²) in [6, 6.07) is 10.1. The molecule has 2 aromatic rings. The SMILES string of the molecule is C[C@H](C(=O)N(C)CCC#N)[C@@H]1CC[C@@]2(C)Cc3sc(NC(=O)c4ccc(C[NH+]5CC[NH+](C)CC5)cc4)nc3[C@@H](C)[C@@H]2[C@H]1O. The average molecular weight is 609 g/mol. The number of anilines is 1. The number of aliphatic hydroxyl groups is 1. The number of nitrogens with zero attached hydrogens (tertiary/aromatic N) is 3. The van der Waals surface area contributed by atoms with Gasteiger partial charge in [0, 0.05) is 41.4 Å². The third kappa shape index (κ3) is 6.65. The highest BCUT2D eigenvalue weighted by atomic mass is 32.1. The van der Waals surface area contributed by atoms with Gasteiger partial charge in [-0.25, -0.2) is 4.98 Å². The van der Waals surface area contributed by atoms with E-state index in [1.807, 2.05) is 19.1 Å². The number of hydrogen-bond acceptors (Lipinski definition) is 6. The van der Waals surface area contributed by atoms with E-state index in [0.29, 0.717) is 23.7 Å². The molecule has 43 heavy (non-hydrogen) atoms. The van der Waals surface area contributed by atoms with Crippen LogP contribution in [-0.2, 0) is 17.8 Å². The molecule has 2 fully saturated rings. The van der Waals surface area contributed by atoms with E-state index in [2.05, 4.69) is 44.4 Å². The van der Waals surface area contributed by atoms with Gasteiger partial charge >= 0.3 is 0 Å². The zero-order valence-corrected chi connectivity index (χ0v) is 27.1. The first-order valence-electron chi connectivity index (χ1n) is 15.9. The molecule has 6 atom stereocenters. The Morgan fingerprint density at radius 2 is 1.95 bits per heavy atom. The van der Waals surface area contributed by atoms with Crippen LogP contribution in [0.25, 0.3) is 0 Å². The molecular weight excluding hydrogens is 560 g/mol. The largest absolute Gasteiger partial charge is 0.392 e. The van der Waals surface area contributed by atoms with Crippen LogP contribution in [0.15, 0.2) is 24.3 Å². The number of fused-ring (bicyclic) bond motifs is 2. The zero-order valence-electron chi connectivity index (χ0n) is 26.3. The fourth-order valence-corrected chi connectivity index (χ4v) is 9.16. The summed E-state index contributed by atoms with van der Waals surface area (Å²) in [5, 5.41) is 24.3. The van der Waals surface area contributed by atoms with E-state index in [-0.39, 0.29) is 40.9 Å². The number of rotatable bonds is 8. The fourth-order valence-electron chi connectivity index (χ4n) is 7.90. The maximum atomic E-state index is 13.2. The van der Waals surface area contributed by atoms with Crippen molar-refractivity contribution in [2.24, 2.45) is 23.2 Å². The van der Waals surface area contributed by atoms with Crippen molar-refractivity contribution in [3.05, 3.63) is 46.0 Å². The van der Waals surface area contributed by atoms with Crippen molar-refractivity contribution in [2.45, 2.75) is 65.0 Å². The van der Waals surface area contributed by atoms with Crippen LogP contribution in [0.3, 0.4) is 0 Å². The van der Waals surface area contributed by atoms with Gasteiger partial charge in [0.2, 0.25) is 5.91 Å². The molecule has 10 heteroatoms. The summed E-state index contributed by atoms with van der Waals surface area (Å²) in [5.74, 6) is -0.653. The Bertz CT molecular complexity index is 1350. The first-order valence-corrected chi connectivity index (χ1v) is 16.7. The number of benzene rings is 1. The van der Waals surface area contributed by atoms with Crippen molar-refractivity contribution in [3.63, 3.8) is 0 Å². The van der Waals surface area contributed by atoms with Crippen molar-refractivity contribution in [1.29, 1.82) is 5.26 Å². The summed E-state index contributed by atoms with van der Waals surface area (Å²) in [6.07, 6.45) is 2.19. The van der Waals surface area contributed by atoms with Gasteiger partial charge in [0.1, 0.15) is 32.7 Å². The topological polar surface area (TPSA) is 115 Å². The maximum absolute atomic E-state index is 13.2. The predicted molar refractivity (Wildman–Crippen MR) is 167 cm³/mol. The molecule has 0 bridgehead atoms. The Balaban J connectivity index is 1.24. The molecule has 2 amide bonds. The van der Waals surface area contributed by atoms with Crippen LogP contribution in [-0.4, -0.2) is 79.7 Å². The first kappa shape index (κ1) is 31.6. The molecule has 1 saturated carbocycles. The average Bonchev–Trinajstić information content (AvgIpc) is 3.38. The number of likely N-dealkylation sites (N-methyl/N-ethyl adjacent to an activating group) is 1. The maximum Gasteiger partial charge on any atom is 0.257 e. The number of thiazole rings is 1. The highest BCUT2D eigenvalue weighted by molar-refractivity contribution is 7.15. The molecule has 1 saturated heterocycles. The summed E-state index contributed by atoms with van der Waals surface area (Å²) in [4.78, 5) is 37.2. The lowest BCUT2D eigenvalue weighted by atomic mass is 9.53. The van der Waals surface area contributed by atoms with E-state index in [1.54, 1.807) is 33.1 Å². The highest BCUT2D eigenvalue weighted by Gasteiger charge is 2.54. The molecule has 2 aliphatic carbocycles. The third-order valence-electron chi connectivity index (χ3n) is 10.6. The van der Waals surface area contributed by atoms with Gasteiger partial charge in [0.25, 0.3) is 5.91 Å². The van der Waals surface area contributed by atoms with Crippen LogP contribution in [0.4, 0.5) is 5.13 Å². The molecule has 9 nitrogen and oxygen atoms in total. The number of aromatic nitrogens is 1. The van der Waals surface area contributed by atoms with E-state index < -0.39 is 6.10 Å². The number of hydrogen-bond donors (Lipinski definition) is 4. The Morgan fingerprint density at radius 1 is 1.26 bits per heavy atom. The normalized spacial score (nSPS) is 30.8. The van der Waals surface area contributed by atoms with Crippen LogP contribution < -0.4 is 15.1 Å². The lowest BCUT2D eigenvalue weighted by Gasteiger charge is -2.53. The molecular formula is C33H48N6O3S+2. The molecule has 0 radical (unpaired) electrons. The van der Waals surface area contributed by atoms with Gasteiger partial charge in [0.15, 0.2) is 5.13 Å². The molecule has 3 aliphatic rings. The number of carbonyl (C=O) groups is 2. The van der Waals surface area contributed by atoms with E-state index in [0.717, 1.165) is 31.5 Å². The van der Waals surface area contributed by atoms with Gasteiger partial charge < -0.3 is 19.8 Å². The first-order chi connectivity index (χ1) is 20.5. The predicted octanol–water partition coefficient (Wildman–Crippen LogP) is 1.37. The van der Waals surface area contributed by atoms with Gasteiger partial charge in [0.05, 0.1) is 31.3 Å². The number of aliphatic hydroxyl groups excluding tert-OH is 1. The summed E-state index contributed by atoms with van der Waals surface area (Å²) >= 11 is 1.55. The Hall–Kier alpha value is -2.84. The van der Waals surface area contributed by atoms with E-state index in [1.165, 1.54) is 36.6 Å². The van der Waals surface area contributed by atoms with Crippen LogP contribution in [0.5, 0.6) is 0 Å². The van der Waals surface area contributed by atoms with Gasteiger partial charge in [-0.1, -0.05) is 32.9 Å². The van der Waals surface area contributed by atoms with E-state index >= 15 is 0 Å². The summed E-state index contributed by atoms with van der Waals surface area (Å²) in [5.41, 5.74) is 2.73. The van der Waals surface area contributed by atoms with Crippen molar-refractivity contribution in [1.82, 2.24) is 9.88 Å².